The Morgan fingerprint density at radius 3 is 1.29 bits per heavy atom. The Balaban J connectivity index is 5.37. The second-order valence-electron chi connectivity index (χ2n) is 21.9. The van der Waals surface area contributed by atoms with E-state index in [1.165, 1.54) is 161 Å². The van der Waals surface area contributed by atoms with Crippen molar-refractivity contribution >= 4 is 19.7 Å². The van der Waals surface area contributed by atoms with Gasteiger partial charge in [0.05, 0.1) is 33.8 Å². The molecule has 0 radical (unpaired) electrons. The Kier molecular flexibility index (Phi) is 51.5. The summed E-state index contributed by atoms with van der Waals surface area (Å²) in [4.78, 5) is 37.7. The molecule has 0 heterocycles. The molecule has 3 atom stereocenters. The lowest BCUT2D eigenvalue weighted by Gasteiger charge is -2.27. The van der Waals surface area contributed by atoms with Gasteiger partial charge in [-0.1, -0.05) is 249 Å². The fraction of sp³-hybridized carbons (Fsp3) is 0.810. The van der Waals surface area contributed by atoms with Gasteiger partial charge in [-0.05, 0) is 76.7 Å². The number of esters is 1. The number of phosphoric acid groups is 1. The van der Waals surface area contributed by atoms with Gasteiger partial charge in [0.15, 0.2) is 0 Å². The van der Waals surface area contributed by atoms with E-state index < -0.39 is 20.0 Å². The Bertz CT molecular complexity index is 1440. The van der Waals surface area contributed by atoms with Crippen LogP contribution < -0.4 is 5.32 Å². The second kappa shape index (κ2) is 53.1. The second-order valence-corrected chi connectivity index (χ2v) is 23.3. The lowest BCUT2D eigenvalue weighted by atomic mass is 10.0. The van der Waals surface area contributed by atoms with Crippen molar-refractivity contribution in [1.82, 2.24) is 5.32 Å². The first-order chi connectivity index (χ1) is 35.4. The number of ether oxygens (including phenoxy) is 1. The number of allylic oxidation sites excluding steroid dienone is 9. The van der Waals surface area contributed by atoms with Crippen LogP contribution >= 0.6 is 7.82 Å². The minimum Gasteiger partial charge on any atom is -0.456 e. The Hall–Kier alpha value is -2.29. The average molecular weight is 1050 g/mol. The first-order valence-electron chi connectivity index (χ1n) is 30.6. The molecule has 0 aromatic carbocycles. The largest absolute Gasteiger partial charge is 0.472 e. The van der Waals surface area contributed by atoms with Crippen molar-refractivity contribution in [3.8, 4) is 0 Å². The molecule has 0 bridgehead atoms. The van der Waals surface area contributed by atoms with Crippen LogP contribution in [0, 0.1) is 0 Å². The minimum absolute atomic E-state index is 0.0349. The predicted molar refractivity (Wildman–Crippen MR) is 314 cm³/mol. The van der Waals surface area contributed by atoms with Gasteiger partial charge >= 0.3 is 13.8 Å². The number of unbranched alkanes of at least 4 members (excludes halogenated alkanes) is 31. The number of phosphoric ester groups is 1. The van der Waals surface area contributed by atoms with Crippen molar-refractivity contribution in [2.24, 2.45) is 0 Å². The van der Waals surface area contributed by atoms with Gasteiger partial charge in [0.25, 0.3) is 0 Å². The molecule has 1 amide bonds. The summed E-state index contributed by atoms with van der Waals surface area (Å²) < 4.78 is 30.7. The predicted octanol–water partition coefficient (Wildman–Crippen LogP) is 18.7. The topological polar surface area (TPSA) is 111 Å². The highest BCUT2D eigenvalue weighted by Gasteiger charge is 2.30. The number of hydrogen-bond donors (Lipinski definition) is 2. The van der Waals surface area contributed by atoms with Crippen molar-refractivity contribution in [3.05, 3.63) is 60.8 Å². The molecule has 73 heavy (non-hydrogen) atoms. The molecule has 0 aliphatic carbocycles. The van der Waals surface area contributed by atoms with E-state index in [-0.39, 0.29) is 31.5 Å². The highest BCUT2D eigenvalue weighted by molar-refractivity contribution is 7.47. The van der Waals surface area contributed by atoms with Crippen molar-refractivity contribution in [2.45, 2.75) is 290 Å². The molecule has 0 spiro atoms. The van der Waals surface area contributed by atoms with Crippen LogP contribution in [0.3, 0.4) is 0 Å². The molecule has 0 rings (SSSR count). The normalized spacial score (nSPS) is 14.1. The van der Waals surface area contributed by atoms with Crippen LogP contribution in [0.5, 0.6) is 0 Å². The molecule has 3 unspecified atom stereocenters. The van der Waals surface area contributed by atoms with Crippen molar-refractivity contribution < 1.29 is 37.3 Å². The van der Waals surface area contributed by atoms with Crippen LogP contribution in [0.15, 0.2) is 60.8 Å². The fourth-order valence-corrected chi connectivity index (χ4v) is 9.42. The van der Waals surface area contributed by atoms with Crippen molar-refractivity contribution in [3.63, 3.8) is 0 Å². The summed E-state index contributed by atoms with van der Waals surface area (Å²) in [5, 5.41) is 3.05. The molecule has 0 aromatic heterocycles. The summed E-state index contributed by atoms with van der Waals surface area (Å²) >= 11 is 0. The molecule has 10 heteroatoms. The van der Waals surface area contributed by atoms with Crippen LogP contribution in [0.4, 0.5) is 0 Å². The Morgan fingerprint density at radius 2 is 0.836 bits per heavy atom. The van der Waals surface area contributed by atoms with Gasteiger partial charge in [0.1, 0.15) is 19.3 Å². The van der Waals surface area contributed by atoms with Crippen LogP contribution in [0.25, 0.3) is 0 Å². The third kappa shape index (κ3) is 54.3. The molecule has 2 N–H and O–H groups in total. The number of nitrogens with one attached hydrogen (secondary N) is 1. The molecule has 0 aliphatic rings. The molecule has 426 valence electrons. The van der Waals surface area contributed by atoms with Crippen LogP contribution in [-0.4, -0.2) is 74.3 Å². The maximum absolute atomic E-state index is 13.5. The number of amides is 1. The lowest BCUT2D eigenvalue weighted by Crippen LogP contribution is -2.47. The smallest absolute Gasteiger partial charge is 0.456 e. The third-order valence-electron chi connectivity index (χ3n) is 13.5. The van der Waals surface area contributed by atoms with E-state index in [4.69, 9.17) is 13.8 Å². The summed E-state index contributed by atoms with van der Waals surface area (Å²) in [7, 11) is 1.48. The Morgan fingerprint density at radius 1 is 0.479 bits per heavy atom. The first kappa shape index (κ1) is 70.7. The molecule has 0 aliphatic heterocycles. The molecule has 0 saturated heterocycles. The van der Waals surface area contributed by atoms with E-state index >= 15 is 0 Å². The number of nitrogens with zero attached hydrogens (tertiary/aromatic N) is 1. The maximum atomic E-state index is 13.5. The van der Waals surface area contributed by atoms with Crippen molar-refractivity contribution in [1.29, 1.82) is 0 Å². The standard InChI is InChI=1S/C63H117N2O7P/c1-7-10-13-16-19-22-25-28-30-31-32-33-35-38-41-44-47-50-53-56-63(67)72-61(54-51-48-45-42-39-36-27-24-21-18-15-12-9-3)60(59-71-73(68,69)70-58-57-65(4,5)6)64-62(66)55-52-49-46-43-40-37-34-29-26-23-20-17-14-11-8-2/h19,22,28,30,32-33,38,41,51,54,60-61H,7-18,20-21,23-27,29,31,34-37,39-40,42-50,52-53,55-59H2,1-6H3,(H-,64,66,68,69)/p+1/b22-19-,30-28-,33-32-,41-38-,54-51+. The van der Waals surface area contributed by atoms with Gasteiger partial charge in [-0.3, -0.25) is 18.6 Å². The first-order valence-corrected chi connectivity index (χ1v) is 32.1. The van der Waals surface area contributed by atoms with Crippen molar-refractivity contribution in [2.75, 3.05) is 40.9 Å². The molecule has 0 fully saturated rings. The molecule has 9 nitrogen and oxygen atoms in total. The van der Waals surface area contributed by atoms with Crippen LogP contribution in [0.1, 0.15) is 278 Å². The zero-order valence-electron chi connectivity index (χ0n) is 48.6. The number of hydrogen-bond acceptors (Lipinski definition) is 6. The van der Waals surface area contributed by atoms with Gasteiger partial charge in [-0.15, -0.1) is 0 Å². The number of carbonyl (C=O) groups excluding carboxylic acids is 2. The van der Waals surface area contributed by atoms with E-state index in [1.807, 2.05) is 33.3 Å². The Labute approximate surface area is 451 Å². The summed E-state index contributed by atoms with van der Waals surface area (Å²) in [6, 6.07) is -0.860. The summed E-state index contributed by atoms with van der Waals surface area (Å²) in [6.45, 7) is 6.98. The fourth-order valence-electron chi connectivity index (χ4n) is 8.69. The SMILES string of the molecule is CCCCC/C=C\C/C=C\C/C=C\C/C=C\CCCCCC(=O)OC(/C=C/CCCCCCCCCCCCC)C(COP(=O)(O)OCC[N+](C)(C)C)NC(=O)CCCCCCCCCCCCCCCCC. The van der Waals surface area contributed by atoms with Gasteiger partial charge in [-0.2, -0.15) is 0 Å². The highest BCUT2D eigenvalue weighted by Crippen LogP contribution is 2.43. The summed E-state index contributed by atoms with van der Waals surface area (Å²) in [6.07, 6.45) is 66.4. The average Bonchev–Trinajstić information content (AvgIpc) is 3.35. The van der Waals surface area contributed by atoms with E-state index in [0.29, 0.717) is 23.9 Å². The maximum Gasteiger partial charge on any atom is 0.472 e. The lowest BCUT2D eigenvalue weighted by molar-refractivity contribution is -0.870. The van der Waals surface area contributed by atoms with E-state index in [9.17, 15) is 19.0 Å². The van der Waals surface area contributed by atoms with E-state index in [1.54, 1.807) is 0 Å². The van der Waals surface area contributed by atoms with Gasteiger partial charge < -0.3 is 19.4 Å². The zero-order chi connectivity index (χ0) is 53.6. The summed E-state index contributed by atoms with van der Waals surface area (Å²) in [5.41, 5.74) is 0. The monoisotopic (exact) mass is 1050 g/mol. The summed E-state index contributed by atoms with van der Waals surface area (Å²) in [5.74, 6) is -0.534. The molecule has 0 aromatic rings. The van der Waals surface area contributed by atoms with E-state index in [2.05, 4.69) is 74.7 Å². The quantitative estimate of drug-likeness (QED) is 0.0205. The minimum atomic E-state index is -4.45. The van der Waals surface area contributed by atoms with Gasteiger partial charge in [0.2, 0.25) is 5.91 Å². The van der Waals surface area contributed by atoms with Gasteiger partial charge in [-0.25, -0.2) is 4.57 Å². The zero-order valence-corrected chi connectivity index (χ0v) is 49.5. The highest BCUT2D eigenvalue weighted by atomic mass is 31.2. The molecule has 0 saturated carbocycles. The number of rotatable bonds is 55. The number of likely N-dealkylation sites (N-methyl/N-ethyl adjacent to an activating group) is 1. The van der Waals surface area contributed by atoms with E-state index in [0.717, 1.165) is 77.0 Å². The third-order valence-corrected chi connectivity index (χ3v) is 14.4. The van der Waals surface area contributed by atoms with Crippen LogP contribution in [-0.2, 0) is 27.9 Å². The molecular weight excluding hydrogens is 928 g/mol. The van der Waals surface area contributed by atoms with Gasteiger partial charge in [0, 0.05) is 12.8 Å². The number of carbonyl (C=O) groups is 2. The van der Waals surface area contributed by atoms with Crippen LogP contribution in [0.2, 0.25) is 0 Å². The number of quaternary nitrogens is 1. The molecular formula is C63H118N2O7P+.